The van der Waals surface area contributed by atoms with Gasteiger partial charge >= 0.3 is 0 Å². The van der Waals surface area contributed by atoms with Crippen molar-refractivity contribution >= 4 is 17.7 Å². The summed E-state index contributed by atoms with van der Waals surface area (Å²) in [5.74, 6) is 0.0223. The Bertz CT molecular complexity index is 494. The van der Waals surface area contributed by atoms with E-state index in [0.717, 1.165) is 18.4 Å². The van der Waals surface area contributed by atoms with Crippen molar-refractivity contribution < 1.29 is 4.79 Å². The molecule has 3 nitrogen and oxygen atoms in total. The van der Waals surface area contributed by atoms with Gasteiger partial charge in [0.15, 0.2) is 0 Å². The van der Waals surface area contributed by atoms with E-state index in [-0.39, 0.29) is 5.91 Å². The van der Waals surface area contributed by atoms with Crippen LogP contribution in [-0.2, 0) is 4.79 Å². The maximum atomic E-state index is 11.6. The van der Waals surface area contributed by atoms with Crippen LogP contribution in [0.2, 0.25) is 0 Å². The van der Waals surface area contributed by atoms with Crippen molar-refractivity contribution in [3.8, 4) is 0 Å². The molecule has 0 spiro atoms. The van der Waals surface area contributed by atoms with Crippen molar-refractivity contribution in [1.82, 2.24) is 5.32 Å². The summed E-state index contributed by atoms with van der Waals surface area (Å²) in [6, 6.07) is 8.96. The van der Waals surface area contributed by atoms with Gasteiger partial charge < -0.3 is 10.2 Å². The van der Waals surface area contributed by atoms with Crippen molar-refractivity contribution in [2.45, 2.75) is 44.6 Å². The Morgan fingerprint density at radius 3 is 2.33 bits per heavy atom. The minimum absolute atomic E-state index is 0.0223. The number of benzene rings is 1. The van der Waals surface area contributed by atoms with Crippen molar-refractivity contribution in [2.24, 2.45) is 0 Å². The van der Waals surface area contributed by atoms with Crippen molar-refractivity contribution in [1.29, 1.82) is 0 Å². The van der Waals surface area contributed by atoms with Gasteiger partial charge in [0, 0.05) is 30.9 Å². The van der Waals surface area contributed by atoms with Crippen LogP contribution >= 0.6 is 0 Å². The number of rotatable bonds is 4. The monoisotopic (exact) mass is 284 g/mol. The van der Waals surface area contributed by atoms with Gasteiger partial charge in [-0.05, 0) is 49.5 Å². The second kappa shape index (κ2) is 6.79. The minimum atomic E-state index is 0.0223. The molecular formula is C18H24N2O. The van der Waals surface area contributed by atoms with Gasteiger partial charge in [-0.3, -0.25) is 4.79 Å². The lowest BCUT2D eigenvalue weighted by Gasteiger charge is -2.22. The topological polar surface area (TPSA) is 32.3 Å². The number of nitrogens with zero attached hydrogens (tertiary/aromatic N) is 1. The molecule has 1 aliphatic carbocycles. The second-order valence-corrected chi connectivity index (χ2v) is 6.11. The summed E-state index contributed by atoms with van der Waals surface area (Å²) in [6.45, 7) is 2.33. The molecule has 0 atom stereocenters. The van der Waals surface area contributed by atoms with Crippen molar-refractivity contribution in [3.05, 3.63) is 35.9 Å². The molecule has 3 heteroatoms. The van der Waals surface area contributed by atoms with Gasteiger partial charge in [-0.25, -0.2) is 0 Å². The van der Waals surface area contributed by atoms with Crippen LogP contribution in [0.5, 0.6) is 0 Å². The first kappa shape index (κ1) is 14.2. The number of anilines is 1. The zero-order valence-electron chi connectivity index (χ0n) is 12.6. The van der Waals surface area contributed by atoms with E-state index in [0.29, 0.717) is 6.04 Å². The van der Waals surface area contributed by atoms with Gasteiger partial charge in [-0.2, -0.15) is 0 Å². The molecule has 0 radical (unpaired) electrons. The predicted octanol–water partition coefficient (Wildman–Crippen LogP) is 3.36. The van der Waals surface area contributed by atoms with Crippen molar-refractivity contribution in [3.63, 3.8) is 0 Å². The van der Waals surface area contributed by atoms with Crippen LogP contribution in [0.15, 0.2) is 30.3 Å². The minimum Gasteiger partial charge on any atom is -0.372 e. The first-order valence-electron chi connectivity index (χ1n) is 8.15. The fourth-order valence-corrected chi connectivity index (χ4v) is 2.77. The van der Waals surface area contributed by atoms with E-state index in [1.165, 1.54) is 44.5 Å². The highest BCUT2D eigenvalue weighted by Gasteiger charge is 2.21. The average molecular weight is 284 g/mol. The molecule has 1 N–H and O–H groups in total. The summed E-state index contributed by atoms with van der Waals surface area (Å²) in [6.07, 6.45) is 11.1. The summed E-state index contributed by atoms with van der Waals surface area (Å²) in [5, 5.41) is 2.96. The zero-order chi connectivity index (χ0) is 14.5. The van der Waals surface area contributed by atoms with E-state index >= 15 is 0 Å². The molecule has 2 aliphatic rings. The van der Waals surface area contributed by atoms with E-state index in [2.05, 4.69) is 34.5 Å². The lowest BCUT2D eigenvalue weighted by Crippen LogP contribution is -2.23. The standard InChI is InChI=1S/C18H24N2O/c21-18(19-16-8-9-16)12-7-15-5-10-17(11-6-15)20-13-3-1-2-4-14-20/h5-7,10-12,16H,1-4,8-9,13-14H2,(H,19,21)/b12-7+. The molecule has 1 amide bonds. The fourth-order valence-electron chi connectivity index (χ4n) is 2.77. The van der Waals surface area contributed by atoms with Crippen LogP contribution in [-0.4, -0.2) is 25.0 Å². The van der Waals surface area contributed by atoms with Gasteiger partial charge in [0.2, 0.25) is 5.91 Å². The van der Waals surface area contributed by atoms with Gasteiger partial charge in [0.1, 0.15) is 0 Å². The second-order valence-electron chi connectivity index (χ2n) is 6.11. The number of hydrogen-bond donors (Lipinski definition) is 1. The zero-order valence-corrected chi connectivity index (χ0v) is 12.6. The Labute approximate surface area is 127 Å². The van der Waals surface area contributed by atoms with E-state index in [1.54, 1.807) is 6.08 Å². The molecule has 1 saturated heterocycles. The highest BCUT2D eigenvalue weighted by molar-refractivity contribution is 5.92. The third kappa shape index (κ3) is 4.35. The van der Waals surface area contributed by atoms with E-state index in [9.17, 15) is 4.79 Å². The maximum absolute atomic E-state index is 11.6. The number of carbonyl (C=O) groups excluding carboxylic acids is 1. The number of amides is 1. The molecule has 3 rings (SSSR count). The summed E-state index contributed by atoms with van der Waals surface area (Å²) in [4.78, 5) is 14.1. The van der Waals surface area contributed by atoms with Gasteiger partial charge in [0.25, 0.3) is 0 Å². The van der Waals surface area contributed by atoms with E-state index in [4.69, 9.17) is 0 Å². The molecule has 1 aromatic carbocycles. The Hall–Kier alpha value is -1.77. The largest absolute Gasteiger partial charge is 0.372 e. The average Bonchev–Trinajstić information content (AvgIpc) is 3.32. The van der Waals surface area contributed by atoms with Crippen LogP contribution in [0.3, 0.4) is 0 Å². The Kier molecular flexibility index (Phi) is 4.59. The molecular weight excluding hydrogens is 260 g/mol. The first-order valence-corrected chi connectivity index (χ1v) is 8.15. The van der Waals surface area contributed by atoms with Gasteiger partial charge in [-0.15, -0.1) is 0 Å². The molecule has 0 unspecified atom stereocenters. The third-order valence-electron chi connectivity index (χ3n) is 4.22. The molecule has 112 valence electrons. The lowest BCUT2D eigenvalue weighted by atomic mass is 10.1. The Balaban J connectivity index is 1.57. The molecule has 21 heavy (non-hydrogen) atoms. The summed E-state index contributed by atoms with van der Waals surface area (Å²) < 4.78 is 0. The van der Waals surface area contributed by atoms with Crippen LogP contribution in [0.1, 0.15) is 44.1 Å². The molecule has 1 aromatic rings. The lowest BCUT2D eigenvalue weighted by molar-refractivity contribution is -0.116. The van der Waals surface area contributed by atoms with Crippen molar-refractivity contribution in [2.75, 3.05) is 18.0 Å². The van der Waals surface area contributed by atoms with Gasteiger partial charge in [0.05, 0.1) is 0 Å². The quantitative estimate of drug-likeness (QED) is 0.860. The highest BCUT2D eigenvalue weighted by atomic mass is 16.1. The summed E-state index contributed by atoms with van der Waals surface area (Å²) >= 11 is 0. The number of carbonyl (C=O) groups is 1. The Morgan fingerprint density at radius 1 is 1.05 bits per heavy atom. The van der Waals surface area contributed by atoms with E-state index < -0.39 is 0 Å². The molecule has 1 heterocycles. The summed E-state index contributed by atoms with van der Waals surface area (Å²) in [7, 11) is 0. The van der Waals surface area contributed by atoms with Crippen LogP contribution < -0.4 is 10.2 Å². The Morgan fingerprint density at radius 2 is 1.71 bits per heavy atom. The number of nitrogens with one attached hydrogen (secondary N) is 1. The smallest absolute Gasteiger partial charge is 0.244 e. The highest BCUT2D eigenvalue weighted by Crippen LogP contribution is 2.21. The van der Waals surface area contributed by atoms with Gasteiger partial charge in [-0.1, -0.05) is 25.0 Å². The molecule has 1 saturated carbocycles. The number of hydrogen-bond acceptors (Lipinski definition) is 2. The van der Waals surface area contributed by atoms with Crippen LogP contribution in [0.4, 0.5) is 5.69 Å². The summed E-state index contributed by atoms with van der Waals surface area (Å²) in [5.41, 5.74) is 2.39. The maximum Gasteiger partial charge on any atom is 0.244 e. The van der Waals surface area contributed by atoms with Crippen LogP contribution in [0.25, 0.3) is 6.08 Å². The molecule has 2 fully saturated rings. The first-order chi connectivity index (χ1) is 10.3. The van der Waals surface area contributed by atoms with Crippen LogP contribution in [0, 0.1) is 0 Å². The van der Waals surface area contributed by atoms with E-state index in [1.807, 2.05) is 6.08 Å². The molecule has 1 aliphatic heterocycles. The fraction of sp³-hybridized carbons (Fsp3) is 0.500. The third-order valence-corrected chi connectivity index (χ3v) is 4.22. The molecule has 0 bridgehead atoms. The normalized spacial score (nSPS) is 19.5. The predicted molar refractivity (Wildman–Crippen MR) is 87.3 cm³/mol. The SMILES string of the molecule is O=C(/C=C/c1ccc(N2CCCCCC2)cc1)NC1CC1. The molecule has 0 aromatic heterocycles.